The van der Waals surface area contributed by atoms with E-state index in [0.29, 0.717) is 22.9 Å². The highest BCUT2D eigenvalue weighted by Crippen LogP contribution is 2.25. The summed E-state index contributed by atoms with van der Waals surface area (Å²) in [6, 6.07) is 8.33. The molecule has 0 bridgehead atoms. The van der Waals surface area contributed by atoms with Crippen molar-refractivity contribution in [1.29, 1.82) is 0 Å². The van der Waals surface area contributed by atoms with Crippen LogP contribution in [0.1, 0.15) is 38.2 Å². The predicted molar refractivity (Wildman–Crippen MR) is 94.8 cm³/mol. The van der Waals surface area contributed by atoms with Crippen LogP contribution in [0, 0.1) is 6.92 Å². The Bertz CT molecular complexity index is 684. The summed E-state index contributed by atoms with van der Waals surface area (Å²) in [5.41, 5.74) is 2.08. The Balaban J connectivity index is 1.59. The summed E-state index contributed by atoms with van der Waals surface area (Å²) in [6.45, 7) is 5.06. The number of hydrogen-bond donors (Lipinski definition) is 0. The first-order valence-corrected chi connectivity index (χ1v) is 9.48. The number of hydrogen-bond acceptors (Lipinski definition) is 5. The first-order valence-electron chi connectivity index (χ1n) is 8.50. The molecule has 0 N–H and O–H groups in total. The number of carbonyl (C=O) groups is 1. The molecule has 3 rings (SSSR count). The Morgan fingerprint density at radius 3 is 2.83 bits per heavy atom. The van der Waals surface area contributed by atoms with Crippen molar-refractivity contribution in [2.45, 2.75) is 50.8 Å². The fraction of sp³-hybridized carbons (Fsp3) is 0.500. The summed E-state index contributed by atoms with van der Waals surface area (Å²) in [4.78, 5) is 14.5. The van der Waals surface area contributed by atoms with Crippen LogP contribution < -0.4 is 0 Å². The van der Waals surface area contributed by atoms with E-state index in [1.165, 1.54) is 23.7 Å². The molecule has 128 valence electrons. The standard InChI is InChI=1S/C18H23N3O2S/c1-3-15-6-4-5-11-21(15)16(22)12-24-18-20-19-17(23-18)14-9-7-13(2)8-10-14/h7-10,15H,3-6,11-12H2,1-2H3. The molecule has 1 aromatic heterocycles. The van der Waals surface area contributed by atoms with Crippen molar-refractivity contribution in [3.8, 4) is 11.5 Å². The normalized spacial score (nSPS) is 17.9. The van der Waals surface area contributed by atoms with Crippen molar-refractivity contribution in [1.82, 2.24) is 15.1 Å². The number of rotatable bonds is 5. The quantitative estimate of drug-likeness (QED) is 0.769. The van der Waals surface area contributed by atoms with Gasteiger partial charge in [-0.25, -0.2) is 0 Å². The molecule has 2 aromatic rings. The number of piperidine rings is 1. The minimum Gasteiger partial charge on any atom is -0.411 e. The van der Waals surface area contributed by atoms with Crippen LogP contribution in [-0.4, -0.2) is 39.3 Å². The fourth-order valence-corrected chi connectivity index (χ4v) is 3.69. The topological polar surface area (TPSA) is 59.2 Å². The molecule has 6 heteroatoms. The number of aromatic nitrogens is 2. The van der Waals surface area contributed by atoms with Gasteiger partial charge in [-0.3, -0.25) is 4.79 Å². The molecular formula is C18H23N3O2S. The second-order valence-electron chi connectivity index (χ2n) is 6.17. The number of aryl methyl sites for hydroxylation is 1. The highest BCUT2D eigenvalue weighted by atomic mass is 32.2. The molecule has 5 nitrogen and oxygen atoms in total. The zero-order valence-electron chi connectivity index (χ0n) is 14.2. The lowest BCUT2D eigenvalue weighted by Gasteiger charge is -2.35. The molecule has 2 heterocycles. The molecular weight excluding hydrogens is 322 g/mol. The number of carbonyl (C=O) groups excluding carboxylic acids is 1. The zero-order valence-corrected chi connectivity index (χ0v) is 15.0. The molecule has 1 aliphatic heterocycles. The van der Waals surface area contributed by atoms with Crippen LogP contribution in [0.25, 0.3) is 11.5 Å². The van der Waals surface area contributed by atoms with E-state index < -0.39 is 0 Å². The van der Waals surface area contributed by atoms with E-state index >= 15 is 0 Å². The van der Waals surface area contributed by atoms with Crippen LogP contribution in [-0.2, 0) is 4.79 Å². The second kappa shape index (κ2) is 7.83. The Morgan fingerprint density at radius 2 is 2.08 bits per heavy atom. The number of likely N-dealkylation sites (tertiary alicyclic amines) is 1. The van der Waals surface area contributed by atoms with Crippen LogP contribution in [0.3, 0.4) is 0 Å². The lowest BCUT2D eigenvalue weighted by Crippen LogP contribution is -2.44. The van der Waals surface area contributed by atoms with Crippen LogP contribution in [0.5, 0.6) is 0 Å². The van der Waals surface area contributed by atoms with Gasteiger partial charge < -0.3 is 9.32 Å². The fourth-order valence-electron chi connectivity index (χ4n) is 3.04. The van der Waals surface area contributed by atoms with Crippen molar-refractivity contribution in [3.63, 3.8) is 0 Å². The smallest absolute Gasteiger partial charge is 0.277 e. The summed E-state index contributed by atoms with van der Waals surface area (Å²) >= 11 is 1.32. The number of benzene rings is 1. The summed E-state index contributed by atoms with van der Waals surface area (Å²) in [6.07, 6.45) is 4.46. The minimum atomic E-state index is 0.168. The Hall–Kier alpha value is -1.82. The third kappa shape index (κ3) is 3.98. The number of thioether (sulfide) groups is 1. The molecule has 0 radical (unpaired) electrons. The van der Waals surface area contributed by atoms with E-state index in [1.807, 2.05) is 36.1 Å². The van der Waals surface area contributed by atoms with Gasteiger partial charge in [0.25, 0.3) is 5.22 Å². The Morgan fingerprint density at radius 1 is 1.29 bits per heavy atom. The largest absolute Gasteiger partial charge is 0.411 e. The monoisotopic (exact) mass is 345 g/mol. The van der Waals surface area contributed by atoms with Crippen LogP contribution >= 0.6 is 11.8 Å². The van der Waals surface area contributed by atoms with Gasteiger partial charge in [-0.1, -0.05) is 36.4 Å². The predicted octanol–water partition coefficient (Wildman–Crippen LogP) is 3.93. The lowest BCUT2D eigenvalue weighted by molar-refractivity contribution is -0.132. The molecule has 1 aromatic carbocycles. The number of nitrogens with zero attached hydrogens (tertiary/aromatic N) is 3. The molecule has 1 amide bonds. The van der Waals surface area contributed by atoms with E-state index in [9.17, 15) is 4.79 Å². The lowest BCUT2D eigenvalue weighted by atomic mass is 10.0. The van der Waals surface area contributed by atoms with Crippen molar-refractivity contribution in [2.75, 3.05) is 12.3 Å². The summed E-state index contributed by atoms with van der Waals surface area (Å²) < 4.78 is 5.67. The maximum atomic E-state index is 12.5. The van der Waals surface area contributed by atoms with Gasteiger partial charge in [0.15, 0.2) is 0 Å². The van der Waals surface area contributed by atoms with Crippen LogP contribution in [0.4, 0.5) is 0 Å². The molecule has 1 unspecified atom stereocenters. The van der Waals surface area contributed by atoms with Gasteiger partial charge >= 0.3 is 0 Å². The maximum absolute atomic E-state index is 12.5. The molecule has 0 aliphatic carbocycles. The van der Waals surface area contributed by atoms with E-state index in [2.05, 4.69) is 17.1 Å². The van der Waals surface area contributed by atoms with E-state index in [0.717, 1.165) is 31.4 Å². The minimum absolute atomic E-state index is 0.168. The van der Waals surface area contributed by atoms with Gasteiger partial charge in [-0.05, 0) is 44.7 Å². The highest BCUT2D eigenvalue weighted by molar-refractivity contribution is 7.99. The second-order valence-corrected chi connectivity index (χ2v) is 7.10. The third-order valence-electron chi connectivity index (χ3n) is 4.44. The molecule has 1 atom stereocenters. The van der Waals surface area contributed by atoms with Crippen molar-refractivity contribution >= 4 is 17.7 Å². The average Bonchev–Trinajstić information content (AvgIpc) is 3.09. The third-order valence-corrected chi connectivity index (χ3v) is 5.25. The van der Waals surface area contributed by atoms with Gasteiger partial charge in [-0.2, -0.15) is 0 Å². The van der Waals surface area contributed by atoms with Gasteiger partial charge in [0.2, 0.25) is 11.8 Å². The molecule has 1 saturated heterocycles. The highest BCUT2D eigenvalue weighted by Gasteiger charge is 2.25. The van der Waals surface area contributed by atoms with Crippen molar-refractivity contribution in [2.24, 2.45) is 0 Å². The first kappa shape index (κ1) is 17.0. The van der Waals surface area contributed by atoms with Crippen LogP contribution in [0.15, 0.2) is 33.9 Å². The van der Waals surface area contributed by atoms with E-state index in [4.69, 9.17) is 4.42 Å². The average molecular weight is 345 g/mol. The van der Waals surface area contributed by atoms with Gasteiger partial charge in [0.05, 0.1) is 5.75 Å². The zero-order chi connectivity index (χ0) is 16.9. The Kier molecular flexibility index (Phi) is 5.56. The SMILES string of the molecule is CCC1CCCCN1C(=O)CSc1nnc(-c2ccc(C)cc2)o1. The van der Waals surface area contributed by atoms with Gasteiger partial charge in [0.1, 0.15) is 0 Å². The van der Waals surface area contributed by atoms with E-state index in [1.54, 1.807) is 0 Å². The maximum Gasteiger partial charge on any atom is 0.277 e. The summed E-state index contributed by atoms with van der Waals surface area (Å²) in [5, 5.41) is 8.57. The molecule has 1 fully saturated rings. The van der Waals surface area contributed by atoms with Gasteiger partial charge in [-0.15, -0.1) is 10.2 Å². The molecule has 1 aliphatic rings. The van der Waals surface area contributed by atoms with E-state index in [-0.39, 0.29) is 5.91 Å². The van der Waals surface area contributed by atoms with Crippen LogP contribution in [0.2, 0.25) is 0 Å². The molecule has 24 heavy (non-hydrogen) atoms. The molecule has 0 spiro atoms. The Labute approximate surface area is 146 Å². The van der Waals surface area contributed by atoms with Crippen molar-refractivity contribution < 1.29 is 9.21 Å². The van der Waals surface area contributed by atoms with Gasteiger partial charge in [0, 0.05) is 18.2 Å². The summed E-state index contributed by atoms with van der Waals surface area (Å²) in [5.74, 6) is 1.02. The first-order chi connectivity index (χ1) is 11.7. The molecule has 0 saturated carbocycles. The number of amides is 1. The van der Waals surface area contributed by atoms with Crippen molar-refractivity contribution in [3.05, 3.63) is 29.8 Å². The summed E-state index contributed by atoms with van der Waals surface area (Å²) in [7, 11) is 0.